The lowest BCUT2D eigenvalue weighted by Crippen LogP contribution is -1.85. The predicted molar refractivity (Wildman–Crippen MR) is 129 cm³/mol. The molecule has 7 heteroatoms. The second-order valence-electron chi connectivity index (χ2n) is 6.74. The Kier molecular flexibility index (Phi) is 8.03. The minimum absolute atomic E-state index is 0.544. The summed E-state index contributed by atoms with van der Waals surface area (Å²) in [5.74, 6) is -1.37. The van der Waals surface area contributed by atoms with E-state index in [-0.39, 0.29) is 0 Å². The second-order valence-corrected chi connectivity index (χ2v) is 6.74. The molecule has 33 heavy (non-hydrogen) atoms. The number of hydrogen-bond acceptors (Lipinski definition) is 3. The van der Waals surface area contributed by atoms with E-state index in [0.29, 0.717) is 5.76 Å². The van der Waals surface area contributed by atoms with E-state index in [0.717, 1.165) is 28.7 Å². The summed E-state index contributed by atoms with van der Waals surface area (Å²) in [4.78, 5) is 26.5. The van der Waals surface area contributed by atoms with E-state index >= 15 is 0 Å². The fourth-order valence-corrected chi connectivity index (χ4v) is 2.88. The van der Waals surface area contributed by atoms with E-state index in [1.54, 1.807) is 18.2 Å². The Morgan fingerprint density at radius 3 is 2.06 bits per heavy atom. The van der Waals surface area contributed by atoms with Gasteiger partial charge >= 0.3 is 11.9 Å². The summed E-state index contributed by atoms with van der Waals surface area (Å²) in [6.07, 6.45) is 8.51. The number of fused-ring (bicyclic) bond motifs is 2. The number of carbonyl (C=O) groups is 2. The Bertz CT molecular complexity index is 1310. The monoisotopic (exact) mass is 442 g/mol. The minimum Gasteiger partial charge on any atom is -0.478 e. The number of hydrogen-bond donors (Lipinski definition) is 4. The molecule has 0 aliphatic carbocycles. The van der Waals surface area contributed by atoms with Crippen molar-refractivity contribution in [3.05, 3.63) is 109 Å². The maximum absolute atomic E-state index is 10.3. The molecule has 0 aliphatic rings. The van der Waals surface area contributed by atoms with Crippen LogP contribution in [0, 0.1) is 0 Å². The second kappa shape index (κ2) is 11.6. The largest absolute Gasteiger partial charge is 0.478 e. The molecule has 0 amide bonds. The lowest BCUT2D eigenvalue weighted by atomic mass is 10.2. The van der Waals surface area contributed by atoms with E-state index in [2.05, 4.69) is 28.2 Å². The summed E-state index contributed by atoms with van der Waals surface area (Å²) in [5, 5.41) is 19.0. The molecule has 2 aromatic carbocycles. The Morgan fingerprint density at radius 2 is 1.42 bits per heavy atom. The van der Waals surface area contributed by atoms with Crippen molar-refractivity contribution in [3.63, 3.8) is 0 Å². The zero-order chi connectivity index (χ0) is 23.5. The summed E-state index contributed by atoms with van der Waals surface area (Å²) in [6, 6.07) is 23.4. The number of benzene rings is 2. The molecular weight excluding hydrogens is 420 g/mol. The van der Waals surface area contributed by atoms with E-state index in [9.17, 15) is 9.59 Å². The molecule has 0 aliphatic heterocycles. The van der Waals surface area contributed by atoms with Gasteiger partial charge in [0.25, 0.3) is 0 Å². The van der Waals surface area contributed by atoms with Crippen LogP contribution in [0.2, 0.25) is 0 Å². The van der Waals surface area contributed by atoms with Crippen LogP contribution in [0.1, 0.15) is 11.5 Å². The van der Waals surface area contributed by atoms with Crippen molar-refractivity contribution in [2.75, 3.05) is 0 Å². The molecule has 3 heterocycles. The number of aromatic nitrogens is 2. The molecule has 5 rings (SSSR count). The van der Waals surface area contributed by atoms with E-state index in [1.165, 1.54) is 23.2 Å². The molecule has 0 saturated heterocycles. The van der Waals surface area contributed by atoms with Crippen LogP contribution >= 0.6 is 0 Å². The summed E-state index contributed by atoms with van der Waals surface area (Å²) >= 11 is 0. The number of aliphatic carboxylic acids is 2. The van der Waals surface area contributed by atoms with Crippen molar-refractivity contribution in [1.82, 2.24) is 9.97 Å². The van der Waals surface area contributed by atoms with E-state index < -0.39 is 11.9 Å². The molecule has 0 radical (unpaired) electrons. The molecule has 7 nitrogen and oxygen atoms in total. The van der Waals surface area contributed by atoms with Gasteiger partial charge in [0.15, 0.2) is 0 Å². The lowest BCUT2D eigenvalue weighted by Gasteiger charge is -1.84. The van der Waals surface area contributed by atoms with E-state index in [1.807, 2.05) is 48.7 Å². The fraction of sp³-hybridized carbons (Fsp3) is 0. The Morgan fingerprint density at radius 1 is 0.758 bits per heavy atom. The molecule has 0 spiro atoms. The summed E-state index contributed by atoms with van der Waals surface area (Å²) in [7, 11) is 0. The summed E-state index contributed by atoms with van der Waals surface area (Å²) in [5.41, 5.74) is 3.02. The number of H-pyrrole nitrogens is 2. The van der Waals surface area contributed by atoms with Crippen molar-refractivity contribution >= 4 is 45.9 Å². The molecule has 0 unspecified atom stereocenters. The molecule has 0 atom stereocenters. The van der Waals surface area contributed by atoms with Crippen molar-refractivity contribution in [1.29, 1.82) is 0 Å². The van der Waals surface area contributed by atoms with Crippen LogP contribution in [0.3, 0.4) is 0 Å². The summed E-state index contributed by atoms with van der Waals surface area (Å²) < 4.78 is 4.83. The first-order chi connectivity index (χ1) is 16.0. The maximum atomic E-state index is 10.3. The van der Waals surface area contributed by atoms with Gasteiger partial charge in [0.05, 0.1) is 6.26 Å². The minimum atomic E-state index is -0.976. The van der Waals surface area contributed by atoms with Gasteiger partial charge in [0, 0.05) is 35.1 Å². The molecule has 5 aromatic rings. The third-order valence-corrected chi connectivity index (χ3v) is 4.35. The van der Waals surface area contributed by atoms with Gasteiger partial charge in [-0.15, -0.1) is 0 Å². The number of carboxylic acid groups (broad SMARTS) is 2. The highest BCUT2D eigenvalue weighted by Gasteiger charge is 1.96. The first-order valence-corrected chi connectivity index (χ1v) is 9.96. The predicted octanol–water partition coefficient (Wildman–Crippen LogP) is 5.81. The topological polar surface area (TPSA) is 119 Å². The molecule has 3 aromatic heterocycles. The number of carboxylic acids is 2. The SMILES string of the molecule is O=C(O)/C=C/c1cc2ccccc2[nH]1.O=C(O)/C=C/c1ccco1.c1ccc2[nH]ccc2c1. The van der Waals surface area contributed by atoms with Crippen molar-refractivity contribution in [2.45, 2.75) is 0 Å². The molecule has 0 bridgehead atoms. The molecular formula is C26H22N2O5. The van der Waals surface area contributed by atoms with Crippen LogP contribution in [0.25, 0.3) is 34.0 Å². The van der Waals surface area contributed by atoms with Crippen molar-refractivity contribution in [3.8, 4) is 0 Å². The average Bonchev–Trinajstić information content (AvgIpc) is 3.57. The van der Waals surface area contributed by atoms with Gasteiger partial charge in [-0.25, -0.2) is 9.59 Å². The van der Waals surface area contributed by atoms with Gasteiger partial charge < -0.3 is 24.6 Å². The third kappa shape index (κ3) is 7.45. The fourth-order valence-electron chi connectivity index (χ4n) is 2.88. The van der Waals surface area contributed by atoms with Crippen molar-refractivity contribution < 1.29 is 24.2 Å². The smallest absolute Gasteiger partial charge is 0.328 e. The standard InChI is InChI=1S/C11H9NO2.C8H7N.C7H6O3/c13-11(14)6-5-9-7-8-3-1-2-4-10(8)12-9;1-2-4-8-7(3-1)5-6-9-8;8-7(9)4-3-6-2-1-5-10-6/h1-7,12H,(H,13,14);1-6,9H;1-5H,(H,8,9)/b6-5+;;4-3+. The Hall–Kier alpha value is -4.78. The van der Waals surface area contributed by atoms with Crippen molar-refractivity contribution in [2.24, 2.45) is 0 Å². The van der Waals surface area contributed by atoms with Gasteiger partial charge in [-0.3, -0.25) is 0 Å². The van der Waals surface area contributed by atoms with Crippen LogP contribution in [0.5, 0.6) is 0 Å². The third-order valence-electron chi connectivity index (χ3n) is 4.35. The maximum Gasteiger partial charge on any atom is 0.328 e. The lowest BCUT2D eigenvalue weighted by molar-refractivity contribution is -0.132. The Labute approximate surface area is 189 Å². The van der Waals surface area contributed by atoms with Crippen LogP contribution in [0.4, 0.5) is 0 Å². The highest BCUT2D eigenvalue weighted by atomic mass is 16.4. The zero-order valence-electron chi connectivity index (χ0n) is 17.5. The van der Waals surface area contributed by atoms with Gasteiger partial charge in [-0.05, 0) is 59.3 Å². The van der Waals surface area contributed by atoms with Crippen LogP contribution in [-0.2, 0) is 9.59 Å². The highest BCUT2D eigenvalue weighted by molar-refractivity contribution is 5.88. The van der Waals surface area contributed by atoms with Gasteiger partial charge in [-0.1, -0.05) is 36.4 Å². The number of rotatable bonds is 4. The molecule has 166 valence electrons. The number of para-hydroxylation sites is 2. The van der Waals surface area contributed by atoms with Gasteiger partial charge in [0.2, 0.25) is 0 Å². The van der Waals surface area contributed by atoms with Crippen LogP contribution in [-0.4, -0.2) is 32.1 Å². The number of aromatic amines is 2. The number of furan rings is 1. The quantitative estimate of drug-likeness (QED) is 0.262. The normalized spacial score (nSPS) is 10.7. The molecule has 0 fully saturated rings. The van der Waals surface area contributed by atoms with Gasteiger partial charge in [0.1, 0.15) is 5.76 Å². The molecule has 0 saturated carbocycles. The van der Waals surface area contributed by atoms with Crippen LogP contribution < -0.4 is 0 Å². The zero-order valence-corrected chi connectivity index (χ0v) is 17.5. The summed E-state index contributed by atoms with van der Waals surface area (Å²) in [6.45, 7) is 0. The van der Waals surface area contributed by atoms with Gasteiger partial charge in [-0.2, -0.15) is 0 Å². The Balaban J connectivity index is 0.000000144. The average molecular weight is 442 g/mol. The first-order valence-electron chi connectivity index (χ1n) is 9.96. The molecule has 4 N–H and O–H groups in total. The first kappa shape index (κ1) is 22.9. The van der Waals surface area contributed by atoms with Crippen LogP contribution in [0.15, 0.2) is 102 Å². The van der Waals surface area contributed by atoms with E-state index in [4.69, 9.17) is 14.6 Å². The highest BCUT2D eigenvalue weighted by Crippen LogP contribution is 2.15. The number of nitrogens with one attached hydrogen (secondary N) is 2.